The first-order valence-electron chi connectivity index (χ1n) is 6.28. The number of nitrogens with two attached hydrogens (primary N) is 2. The highest BCUT2D eigenvalue weighted by atomic mass is 35.5. The van der Waals surface area contributed by atoms with Crippen molar-refractivity contribution in [1.29, 1.82) is 0 Å². The van der Waals surface area contributed by atoms with Gasteiger partial charge in [0, 0.05) is 18.7 Å². The quantitative estimate of drug-likeness (QED) is 0.655. The van der Waals surface area contributed by atoms with Crippen molar-refractivity contribution < 1.29 is 9.59 Å². The number of nitrogens with one attached hydrogen (secondary N) is 1. The van der Waals surface area contributed by atoms with Gasteiger partial charge in [-0.25, -0.2) is 0 Å². The van der Waals surface area contributed by atoms with Crippen LogP contribution in [0.2, 0.25) is 5.02 Å². The molecule has 0 radical (unpaired) electrons. The van der Waals surface area contributed by atoms with Crippen LogP contribution in [0, 0.1) is 0 Å². The van der Waals surface area contributed by atoms with Crippen molar-refractivity contribution in [1.82, 2.24) is 4.90 Å². The number of nitrogens with zero attached hydrogens (tertiary/aromatic N) is 1. The Morgan fingerprint density at radius 1 is 1.40 bits per heavy atom. The lowest BCUT2D eigenvalue weighted by molar-refractivity contribution is -0.120. The van der Waals surface area contributed by atoms with Crippen LogP contribution in [0.15, 0.2) is 18.2 Å². The first-order valence-corrected chi connectivity index (χ1v) is 6.65. The molecule has 0 aromatic heterocycles. The minimum Gasteiger partial charge on any atom is -0.397 e. The topological polar surface area (TPSA) is 101 Å². The van der Waals surface area contributed by atoms with E-state index in [-0.39, 0.29) is 18.9 Å². The Hall–Kier alpha value is -1.79. The zero-order chi connectivity index (χ0) is 15.1. The van der Waals surface area contributed by atoms with E-state index in [1.807, 2.05) is 6.92 Å². The van der Waals surface area contributed by atoms with E-state index in [9.17, 15) is 9.59 Å². The number of hydrogen-bond acceptors (Lipinski definition) is 4. The summed E-state index contributed by atoms with van der Waals surface area (Å²) in [6.45, 7) is 3.18. The van der Waals surface area contributed by atoms with Gasteiger partial charge in [0.15, 0.2) is 0 Å². The fourth-order valence-electron chi connectivity index (χ4n) is 1.67. The minimum absolute atomic E-state index is 0.150. The molecule has 0 bridgehead atoms. The number of amides is 2. The molecule has 0 aliphatic heterocycles. The van der Waals surface area contributed by atoms with Gasteiger partial charge in [-0.15, -0.1) is 0 Å². The van der Waals surface area contributed by atoms with Gasteiger partial charge in [0.05, 0.1) is 17.3 Å². The molecule has 0 fully saturated rings. The lowest BCUT2D eigenvalue weighted by atomic mass is 10.2. The molecule has 1 aromatic carbocycles. The highest BCUT2D eigenvalue weighted by Crippen LogP contribution is 2.22. The second-order valence-corrected chi connectivity index (χ2v) is 4.78. The molecule has 110 valence electrons. The Bertz CT molecular complexity index is 493. The molecule has 20 heavy (non-hydrogen) atoms. The van der Waals surface area contributed by atoms with Crippen molar-refractivity contribution in [2.75, 3.05) is 30.7 Å². The Morgan fingerprint density at radius 3 is 2.65 bits per heavy atom. The summed E-state index contributed by atoms with van der Waals surface area (Å²) < 4.78 is 0. The molecule has 0 atom stereocenters. The van der Waals surface area contributed by atoms with Crippen LogP contribution in [0.5, 0.6) is 0 Å². The smallest absolute Gasteiger partial charge is 0.231 e. The van der Waals surface area contributed by atoms with Crippen molar-refractivity contribution in [2.24, 2.45) is 5.73 Å². The second kappa shape index (κ2) is 7.72. The maximum Gasteiger partial charge on any atom is 0.231 e. The van der Waals surface area contributed by atoms with Gasteiger partial charge in [-0.05, 0) is 24.7 Å². The van der Waals surface area contributed by atoms with Crippen LogP contribution in [0.25, 0.3) is 0 Å². The summed E-state index contributed by atoms with van der Waals surface area (Å²) in [6, 6.07) is 4.90. The third kappa shape index (κ3) is 5.46. The molecule has 2 amide bonds. The molecule has 0 heterocycles. The molecule has 1 rings (SSSR count). The number of carbonyl (C=O) groups excluding carboxylic acids is 2. The van der Waals surface area contributed by atoms with E-state index in [0.717, 1.165) is 0 Å². The lowest BCUT2D eigenvalue weighted by Crippen LogP contribution is -2.35. The van der Waals surface area contributed by atoms with E-state index in [1.165, 1.54) is 0 Å². The average Bonchev–Trinajstić information content (AvgIpc) is 2.38. The Morgan fingerprint density at radius 2 is 2.10 bits per heavy atom. The van der Waals surface area contributed by atoms with E-state index in [2.05, 4.69) is 5.32 Å². The third-order valence-corrected chi connectivity index (χ3v) is 3.11. The van der Waals surface area contributed by atoms with Crippen molar-refractivity contribution >= 4 is 34.8 Å². The molecule has 0 aliphatic rings. The van der Waals surface area contributed by atoms with Crippen LogP contribution in [-0.4, -0.2) is 36.3 Å². The molecule has 0 saturated heterocycles. The second-order valence-electron chi connectivity index (χ2n) is 4.37. The molecule has 0 unspecified atom stereocenters. The summed E-state index contributed by atoms with van der Waals surface area (Å²) in [4.78, 5) is 24.4. The van der Waals surface area contributed by atoms with Crippen molar-refractivity contribution in [3.8, 4) is 0 Å². The monoisotopic (exact) mass is 298 g/mol. The molecule has 0 saturated carbocycles. The molecular formula is C13H19ClN4O2. The summed E-state index contributed by atoms with van der Waals surface area (Å²) in [5, 5.41) is 3.17. The average molecular weight is 299 g/mol. The molecule has 1 aromatic rings. The molecule has 0 spiro atoms. The Kier molecular flexibility index (Phi) is 6.27. The number of hydrogen-bond donors (Lipinski definition) is 3. The lowest BCUT2D eigenvalue weighted by Gasteiger charge is -2.17. The standard InChI is InChI=1S/C13H19ClN4O2/c1-2-18(8-12(16)19)6-5-13(20)17-9-3-4-10(14)11(15)7-9/h3-4,7H,2,5-6,8,15H2,1H3,(H2,16,19)(H,17,20). The number of primary amides is 1. The summed E-state index contributed by atoms with van der Waals surface area (Å²) in [5.41, 5.74) is 11.8. The van der Waals surface area contributed by atoms with Gasteiger partial charge in [0.1, 0.15) is 0 Å². The first-order chi connectivity index (χ1) is 9.42. The van der Waals surface area contributed by atoms with Gasteiger partial charge in [-0.1, -0.05) is 18.5 Å². The number of nitrogen functional groups attached to an aromatic ring is 1. The summed E-state index contributed by atoms with van der Waals surface area (Å²) >= 11 is 5.80. The molecular weight excluding hydrogens is 280 g/mol. The molecule has 5 N–H and O–H groups in total. The highest BCUT2D eigenvalue weighted by molar-refractivity contribution is 6.33. The number of anilines is 2. The van der Waals surface area contributed by atoms with Gasteiger partial charge in [-0.2, -0.15) is 0 Å². The first kappa shape index (κ1) is 16.3. The van der Waals surface area contributed by atoms with Gasteiger partial charge < -0.3 is 16.8 Å². The van der Waals surface area contributed by atoms with Crippen LogP contribution in [0.3, 0.4) is 0 Å². The third-order valence-electron chi connectivity index (χ3n) is 2.76. The van der Waals surface area contributed by atoms with E-state index < -0.39 is 5.91 Å². The van der Waals surface area contributed by atoms with E-state index in [1.54, 1.807) is 23.1 Å². The van der Waals surface area contributed by atoms with E-state index in [4.69, 9.17) is 23.1 Å². The Labute approximate surface area is 123 Å². The van der Waals surface area contributed by atoms with E-state index >= 15 is 0 Å². The molecule has 0 aliphatic carbocycles. The summed E-state index contributed by atoms with van der Waals surface area (Å²) in [5.74, 6) is -0.563. The van der Waals surface area contributed by atoms with Crippen LogP contribution in [0.4, 0.5) is 11.4 Å². The Balaban J connectivity index is 2.46. The van der Waals surface area contributed by atoms with Gasteiger partial charge in [0.2, 0.25) is 11.8 Å². The minimum atomic E-state index is -0.405. The fourth-order valence-corrected chi connectivity index (χ4v) is 1.79. The number of carbonyl (C=O) groups is 2. The van der Waals surface area contributed by atoms with Crippen molar-refractivity contribution in [3.63, 3.8) is 0 Å². The normalized spacial score (nSPS) is 10.6. The summed E-state index contributed by atoms with van der Waals surface area (Å²) in [6.07, 6.45) is 0.268. The van der Waals surface area contributed by atoms with Crippen LogP contribution < -0.4 is 16.8 Å². The predicted molar refractivity (Wildman–Crippen MR) is 80.4 cm³/mol. The van der Waals surface area contributed by atoms with Crippen LogP contribution in [-0.2, 0) is 9.59 Å². The summed E-state index contributed by atoms with van der Waals surface area (Å²) in [7, 11) is 0. The van der Waals surface area contributed by atoms with E-state index in [0.29, 0.717) is 29.5 Å². The van der Waals surface area contributed by atoms with Gasteiger partial charge >= 0.3 is 0 Å². The van der Waals surface area contributed by atoms with Gasteiger partial charge in [0.25, 0.3) is 0 Å². The van der Waals surface area contributed by atoms with Crippen LogP contribution in [0.1, 0.15) is 13.3 Å². The van der Waals surface area contributed by atoms with Crippen molar-refractivity contribution in [3.05, 3.63) is 23.2 Å². The fraction of sp³-hybridized carbons (Fsp3) is 0.385. The zero-order valence-corrected chi connectivity index (χ0v) is 12.1. The predicted octanol–water partition coefficient (Wildman–Crippen LogP) is 1.06. The van der Waals surface area contributed by atoms with Gasteiger partial charge in [-0.3, -0.25) is 14.5 Å². The SMILES string of the molecule is CCN(CCC(=O)Nc1ccc(Cl)c(N)c1)CC(N)=O. The van der Waals surface area contributed by atoms with Crippen LogP contribution >= 0.6 is 11.6 Å². The number of halogens is 1. The number of likely N-dealkylation sites (N-methyl/N-ethyl adjacent to an activating group) is 1. The number of benzene rings is 1. The highest BCUT2D eigenvalue weighted by Gasteiger charge is 2.09. The van der Waals surface area contributed by atoms with Crippen molar-refractivity contribution in [2.45, 2.75) is 13.3 Å². The maximum absolute atomic E-state index is 11.8. The largest absolute Gasteiger partial charge is 0.397 e. The zero-order valence-electron chi connectivity index (χ0n) is 11.4. The maximum atomic E-state index is 11.8. The number of rotatable bonds is 7. The molecule has 6 nitrogen and oxygen atoms in total. The molecule has 7 heteroatoms.